The van der Waals surface area contributed by atoms with E-state index in [0.29, 0.717) is 0 Å². The molecule has 7 heavy (non-hydrogen) atoms. The molecule has 0 aromatic heterocycles. The number of hydrogen-bond donors (Lipinski definition) is 0. The van der Waals surface area contributed by atoms with Crippen LogP contribution < -0.4 is 0 Å². The van der Waals surface area contributed by atoms with Crippen molar-refractivity contribution >= 4 is 59.1 Å². The van der Waals surface area contributed by atoms with E-state index in [1.165, 1.54) is 0 Å². The van der Waals surface area contributed by atoms with Gasteiger partial charge >= 0.3 is 0 Å². The first-order chi connectivity index (χ1) is 0. The van der Waals surface area contributed by atoms with Crippen LogP contribution >= 0.6 is 0 Å². The SMILES string of the molecule is O.O.O.O.[Na].[Na].[Ru]. The first kappa shape index (κ1) is 112. The molecule has 0 aliphatic heterocycles. The fraction of sp³-hybridized carbons (Fsp3) is 0. The van der Waals surface area contributed by atoms with Gasteiger partial charge in [0.05, 0.1) is 0 Å². The van der Waals surface area contributed by atoms with Crippen molar-refractivity contribution in [3.8, 4) is 0 Å². The Hall–Kier alpha value is 2.46. The van der Waals surface area contributed by atoms with Crippen molar-refractivity contribution in [1.82, 2.24) is 0 Å². The third-order valence-electron chi connectivity index (χ3n) is 0. The maximum absolute atomic E-state index is 0. The number of hydrogen-bond acceptors (Lipinski definition) is 0. The molecule has 0 amide bonds. The van der Waals surface area contributed by atoms with E-state index in [-0.39, 0.29) is 100 Å². The topological polar surface area (TPSA) is 126 Å². The van der Waals surface area contributed by atoms with Gasteiger partial charge in [-0.15, -0.1) is 0 Å². The van der Waals surface area contributed by atoms with Crippen molar-refractivity contribution in [3.63, 3.8) is 0 Å². The molecule has 0 aromatic carbocycles. The molecular weight excluding hydrogens is 211 g/mol. The van der Waals surface area contributed by atoms with Crippen LogP contribution in [0.5, 0.6) is 0 Å². The van der Waals surface area contributed by atoms with Gasteiger partial charge in [0.15, 0.2) is 0 Å². The van der Waals surface area contributed by atoms with Gasteiger partial charge in [-0.2, -0.15) is 0 Å². The average Bonchev–Trinajstić information content (AvgIpc) is 0. The molecule has 0 aromatic rings. The summed E-state index contributed by atoms with van der Waals surface area (Å²) in [6.45, 7) is 0. The predicted molar refractivity (Wildman–Crippen MR) is 26.0 cm³/mol. The predicted octanol–water partition coefficient (Wildman–Crippen LogP) is -4.06. The van der Waals surface area contributed by atoms with Crippen molar-refractivity contribution < 1.29 is 41.4 Å². The quantitative estimate of drug-likeness (QED) is 0.367. The zero-order valence-electron chi connectivity index (χ0n) is 4.35. The van der Waals surface area contributed by atoms with Crippen LogP contribution in [0.2, 0.25) is 0 Å². The normalized spacial score (nSPS) is 0. The summed E-state index contributed by atoms with van der Waals surface area (Å²) in [5.41, 5.74) is 0. The molecule has 2 radical (unpaired) electrons. The van der Waals surface area contributed by atoms with Crippen LogP contribution in [0.3, 0.4) is 0 Å². The van der Waals surface area contributed by atoms with E-state index in [9.17, 15) is 0 Å². The van der Waals surface area contributed by atoms with Gasteiger partial charge in [0.25, 0.3) is 0 Å². The molecule has 8 N–H and O–H groups in total. The summed E-state index contributed by atoms with van der Waals surface area (Å²) in [6.07, 6.45) is 0. The van der Waals surface area contributed by atoms with Crippen molar-refractivity contribution in [2.45, 2.75) is 0 Å². The van der Waals surface area contributed by atoms with Crippen molar-refractivity contribution in [2.75, 3.05) is 0 Å². The fourth-order valence-electron chi connectivity index (χ4n) is 0. The van der Waals surface area contributed by atoms with Gasteiger partial charge in [0.1, 0.15) is 0 Å². The molecule has 0 spiro atoms. The Morgan fingerprint density at radius 3 is 0.429 bits per heavy atom. The third-order valence-corrected chi connectivity index (χ3v) is 0. The van der Waals surface area contributed by atoms with Crippen molar-refractivity contribution in [3.05, 3.63) is 0 Å². The summed E-state index contributed by atoms with van der Waals surface area (Å²) < 4.78 is 0. The van der Waals surface area contributed by atoms with E-state index in [0.717, 1.165) is 0 Å². The molecule has 0 heterocycles. The monoisotopic (exact) mass is 220 g/mol. The minimum atomic E-state index is 0. The molecule has 0 bridgehead atoms. The van der Waals surface area contributed by atoms with Crippen LogP contribution in [0.4, 0.5) is 0 Å². The molecule has 42 valence electrons. The smallest absolute Gasteiger partial charge is 0 e. The van der Waals surface area contributed by atoms with Gasteiger partial charge in [-0.05, 0) is 0 Å². The zero-order chi connectivity index (χ0) is 0. The summed E-state index contributed by atoms with van der Waals surface area (Å²) in [7, 11) is 0. The van der Waals surface area contributed by atoms with Crippen molar-refractivity contribution in [1.29, 1.82) is 0 Å². The Morgan fingerprint density at radius 2 is 0.429 bits per heavy atom. The van der Waals surface area contributed by atoms with E-state index < -0.39 is 0 Å². The van der Waals surface area contributed by atoms with E-state index in [1.807, 2.05) is 0 Å². The van der Waals surface area contributed by atoms with E-state index in [1.54, 1.807) is 0 Å². The Labute approximate surface area is 99.0 Å². The maximum Gasteiger partial charge on any atom is 0 e. The van der Waals surface area contributed by atoms with Gasteiger partial charge in [-0.1, -0.05) is 0 Å². The molecule has 0 saturated heterocycles. The number of rotatable bonds is 0. The molecule has 0 fully saturated rings. The molecule has 0 aliphatic carbocycles. The van der Waals surface area contributed by atoms with Gasteiger partial charge < -0.3 is 21.9 Å². The molecule has 0 rings (SSSR count). The second-order valence-corrected chi connectivity index (χ2v) is 0. The van der Waals surface area contributed by atoms with Crippen molar-refractivity contribution in [2.24, 2.45) is 0 Å². The van der Waals surface area contributed by atoms with Crippen LogP contribution in [-0.2, 0) is 19.5 Å². The van der Waals surface area contributed by atoms with Crippen LogP contribution in [0.15, 0.2) is 0 Å². The summed E-state index contributed by atoms with van der Waals surface area (Å²) >= 11 is 0. The van der Waals surface area contributed by atoms with Gasteiger partial charge in [0, 0.05) is 78.6 Å². The van der Waals surface area contributed by atoms with Gasteiger partial charge in [0.2, 0.25) is 0 Å². The van der Waals surface area contributed by atoms with E-state index in [2.05, 4.69) is 0 Å². The molecule has 4 nitrogen and oxygen atoms in total. The summed E-state index contributed by atoms with van der Waals surface area (Å²) in [5, 5.41) is 0. The largest absolute Gasteiger partial charge is 0.412 e. The summed E-state index contributed by atoms with van der Waals surface area (Å²) in [5.74, 6) is 0. The first-order valence-electron chi connectivity index (χ1n) is 0. The Kier molecular flexibility index (Phi) is 1240. The second kappa shape index (κ2) is 77.7. The Morgan fingerprint density at radius 1 is 0.429 bits per heavy atom. The molecule has 0 saturated carbocycles. The van der Waals surface area contributed by atoms with Crippen LogP contribution in [-0.4, -0.2) is 81.0 Å². The standard InChI is InChI=1S/2Na.4H2O.Ru/h;;4*1H2;. The third kappa shape index (κ3) is 58.3. The summed E-state index contributed by atoms with van der Waals surface area (Å²) in [6, 6.07) is 0. The van der Waals surface area contributed by atoms with Gasteiger partial charge in [-0.3, -0.25) is 0 Å². The average molecular weight is 219 g/mol. The molecule has 0 aliphatic rings. The fourth-order valence-corrected chi connectivity index (χ4v) is 0. The minimum absolute atomic E-state index is 0. The Balaban J connectivity index is 0. The zero-order valence-corrected chi connectivity index (χ0v) is 10.1. The van der Waals surface area contributed by atoms with E-state index in [4.69, 9.17) is 0 Å². The van der Waals surface area contributed by atoms with Crippen LogP contribution in [0.25, 0.3) is 0 Å². The van der Waals surface area contributed by atoms with Gasteiger partial charge in [-0.25, -0.2) is 0 Å². The molecule has 7 heteroatoms. The maximum atomic E-state index is 0. The first-order valence-corrected chi connectivity index (χ1v) is 0. The van der Waals surface area contributed by atoms with Crippen LogP contribution in [0, 0.1) is 0 Å². The molecular formula is H8Na2O4Ru. The minimum Gasteiger partial charge on any atom is -0.412 e. The van der Waals surface area contributed by atoms with Crippen LogP contribution in [0.1, 0.15) is 0 Å². The molecule has 0 unspecified atom stereocenters. The summed E-state index contributed by atoms with van der Waals surface area (Å²) in [4.78, 5) is 0. The van der Waals surface area contributed by atoms with E-state index >= 15 is 0 Å². The molecule has 0 atom stereocenters. The second-order valence-electron chi connectivity index (χ2n) is 0. The Bertz CT molecular complexity index is 9.65.